The molecular weight excluding hydrogens is 184 g/mol. The molecule has 3 unspecified atom stereocenters. The van der Waals surface area contributed by atoms with Crippen LogP contribution in [0.1, 0.15) is 40.5 Å². The fourth-order valence-electron chi connectivity index (χ4n) is 2.58. The molecule has 1 N–H and O–H groups in total. The normalized spacial score (nSPS) is 30.4. The van der Waals surface area contributed by atoms with Gasteiger partial charge in [-0.2, -0.15) is 0 Å². The zero-order valence-corrected chi connectivity index (χ0v) is 10.9. The van der Waals surface area contributed by atoms with Crippen LogP contribution in [0.25, 0.3) is 0 Å². The number of nitrogens with zero attached hydrogens (tertiary/aromatic N) is 1. The molecule has 0 aromatic rings. The maximum Gasteiger partial charge on any atom is 0.00695 e. The highest BCUT2D eigenvalue weighted by Crippen LogP contribution is 2.22. The van der Waals surface area contributed by atoms with Crippen LogP contribution in [0.15, 0.2) is 0 Å². The van der Waals surface area contributed by atoms with Gasteiger partial charge in [0.15, 0.2) is 0 Å². The molecule has 0 amide bonds. The number of rotatable bonds is 5. The monoisotopic (exact) mass is 212 g/mol. The van der Waals surface area contributed by atoms with E-state index in [0.29, 0.717) is 0 Å². The Labute approximate surface area is 95.4 Å². The van der Waals surface area contributed by atoms with Crippen LogP contribution in [0.5, 0.6) is 0 Å². The number of likely N-dealkylation sites (tertiary alicyclic amines) is 1. The summed E-state index contributed by atoms with van der Waals surface area (Å²) in [5.74, 6) is 1.71. The average molecular weight is 212 g/mol. The molecule has 0 radical (unpaired) electrons. The maximum absolute atomic E-state index is 3.43. The van der Waals surface area contributed by atoms with E-state index in [4.69, 9.17) is 0 Å². The van der Waals surface area contributed by atoms with Gasteiger partial charge in [-0.05, 0) is 51.2 Å². The molecule has 3 atom stereocenters. The van der Waals surface area contributed by atoms with Crippen molar-refractivity contribution >= 4 is 0 Å². The van der Waals surface area contributed by atoms with Crippen molar-refractivity contribution in [2.45, 2.75) is 46.6 Å². The summed E-state index contributed by atoms with van der Waals surface area (Å²) in [6.45, 7) is 14.1. The molecule has 0 spiro atoms. The van der Waals surface area contributed by atoms with Crippen LogP contribution in [0.4, 0.5) is 0 Å². The molecule has 15 heavy (non-hydrogen) atoms. The molecule has 1 rings (SSSR count). The third-order valence-electron chi connectivity index (χ3n) is 3.56. The summed E-state index contributed by atoms with van der Waals surface area (Å²) < 4.78 is 0. The minimum Gasteiger partial charge on any atom is -0.317 e. The summed E-state index contributed by atoms with van der Waals surface area (Å²) in [6, 6.07) is 0.790. The molecule has 0 aliphatic carbocycles. The molecule has 0 bridgehead atoms. The lowest BCUT2D eigenvalue weighted by Gasteiger charge is -2.38. The highest BCUT2D eigenvalue weighted by Gasteiger charge is 2.23. The minimum atomic E-state index is 0.779. The van der Waals surface area contributed by atoms with Gasteiger partial charge >= 0.3 is 0 Å². The first-order valence-electron chi connectivity index (χ1n) is 6.58. The van der Waals surface area contributed by atoms with Crippen molar-refractivity contribution in [3.8, 4) is 0 Å². The van der Waals surface area contributed by atoms with Crippen LogP contribution in [-0.4, -0.2) is 37.1 Å². The Kier molecular flexibility index (Phi) is 5.62. The van der Waals surface area contributed by atoms with Crippen molar-refractivity contribution in [2.75, 3.05) is 26.2 Å². The van der Waals surface area contributed by atoms with Gasteiger partial charge in [-0.3, -0.25) is 0 Å². The van der Waals surface area contributed by atoms with E-state index in [1.165, 1.54) is 25.9 Å². The van der Waals surface area contributed by atoms with E-state index < -0.39 is 0 Å². The van der Waals surface area contributed by atoms with Crippen molar-refractivity contribution in [3.63, 3.8) is 0 Å². The standard InChI is InChI=1S/C13H28N2/c1-5-14-9-12(3)10-15-7-6-11(2)8-13(15)4/h11-14H,5-10H2,1-4H3. The fourth-order valence-corrected chi connectivity index (χ4v) is 2.58. The molecule has 0 aromatic carbocycles. The number of hydrogen-bond donors (Lipinski definition) is 1. The minimum absolute atomic E-state index is 0.779. The van der Waals surface area contributed by atoms with Gasteiger partial charge in [0.1, 0.15) is 0 Å². The number of hydrogen-bond acceptors (Lipinski definition) is 2. The quantitative estimate of drug-likeness (QED) is 0.752. The summed E-state index contributed by atoms with van der Waals surface area (Å²) in [5.41, 5.74) is 0. The maximum atomic E-state index is 3.43. The first kappa shape index (κ1) is 13.0. The van der Waals surface area contributed by atoms with Crippen LogP contribution in [0.2, 0.25) is 0 Å². The van der Waals surface area contributed by atoms with Gasteiger partial charge in [0, 0.05) is 12.6 Å². The van der Waals surface area contributed by atoms with Crippen LogP contribution in [-0.2, 0) is 0 Å². The zero-order valence-electron chi connectivity index (χ0n) is 10.9. The molecule has 2 heteroatoms. The highest BCUT2D eigenvalue weighted by molar-refractivity contribution is 4.78. The lowest BCUT2D eigenvalue weighted by atomic mass is 9.92. The van der Waals surface area contributed by atoms with Gasteiger partial charge in [-0.1, -0.05) is 20.8 Å². The van der Waals surface area contributed by atoms with Crippen LogP contribution < -0.4 is 5.32 Å². The Balaban J connectivity index is 2.25. The molecule has 0 aromatic heterocycles. The Bertz CT molecular complexity index is 170. The summed E-state index contributed by atoms with van der Waals surface area (Å²) in [5, 5.41) is 3.43. The van der Waals surface area contributed by atoms with E-state index in [1.54, 1.807) is 0 Å². The van der Waals surface area contributed by atoms with E-state index in [-0.39, 0.29) is 0 Å². The molecule has 1 aliphatic heterocycles. The van der Waals surface area contributed by atoms with Crippen molar-refractivity contribution in [3.05, 3.63) is 0 Å². The van der Waals surface area contributed by atoms with Gasteiger partial charge < -0.3 is 10.2 Å². The smallest absolute Gasteiger partial charge is 0.00695 e. The molecule has 1 heterocycles. The van der Waals surface area contributed by atoms with Crippen molar-refractivity contribution in [1.29, 1.82) is 0 Å². The van der Waals surface area contributed by atoms with Crippen molar-refractivity contribution < 1.29 is 0 Å². The average Bonchev–Trinajstić information content (AvgIpc) is 2.19. The first-order valence-corrected chi connectivity index (χ1v) is 6.58. The van der Waals surface area contributed by atoms with Gasteiger partial charge in [-0.25, -0.2) is 0 Å². The van der Waals surface area contributed by atoms with Gasteiger partial charge in [0.2, 0.25) is 0 Å². The zero-order chi connectivity index (χ0) is 11.3. The molecule has 1 aliphatic rings. The van der Waals surface area contributed by atoms with Gasteiger partial charge in [0.05, 0.1) is 0 Å². The van der Waals surface area contributed by atoms with E-state index in [0.717, 1.165) is 31.0 Å². The molecule has 2 nitrogen and oxygen atoms in total. The third kappa shape index (κ3) is 4.52. The lowest BCUT2D eigenvalue weighted by molar-refractivity contribution is 0.112. The third-order valence-corrected chi connectivity index (χ3v) is 3.56. The summed E-state index contributed by atoms with van der Waals surface area (Å²) in [6.07, 6.45) is 2.77. The van der Waals surface area contributed by atoms with Crippen LogP contribution in [0, 0.1) is 11.8 Å². The SMILES string of the molecule is CCNCC(C)CN1CCC(C)CC1C. The predicted octanol–water partition coefficient (Wildman–Crippen LogP) is 2.35. The Morgan fingerprint density at radius 3 is 2.73 bits per heavy atom. The van der Waals surface area contributed by atoms with Crippen LogP contribution >= 0.6 is 0 Å². The molecular formula is C13H28N2. The van der Waals surface area contributed by atoms with Crippen molar-refractivity contribution in [1.82, 2.24) is 10.2 Å². The van der Waals surface area contributed by atoms with Crippen LogP contribution in [0.3, 0.4) is 0 Å². The van der Waals surface area contributed by atoms with E-state index in [1.807, 2.05) is 0 Å². The lowest BCUT2D eigenvalue weighted by Crippen LogP contribution is -2.43. The van der Waals surface area contributed by atoms with E-state index in [2.05, 4.69) is 37.9 Å². The number of piperidine rings is 1. The topological polar surface area (TPSA) is 15.3 Å². The van der Waals surface area contributed by atoms with E-state index in [9.17, 15) is 0 Å². The fraction of sp³-hybridized carbons (Fsp3) is 1.00. The Morgan fingerprint density at radius 2 is 2.13 bits per heavy atom. The van der Waals surface area contributed by atoms with E-state index >= 15 is 0 Å². The van der Waals surface area contributed by atoms with Gasteiger partial charge in [-0.15, -0.1) is 0 Å². The number of nitrogens with one attached hydrogen (secondary N) is 1. The summed E-state index contributed by atoms with van der Waals surface area (Å²) >= 11 is 0. The Morgan fingerprint density at radius 1 is 1.40 bits per heavy atom. The van der Waals surface area contributed by atoms with Gasteiger partial charge in [0.25, 0.3) is 0 Å². The summed E-state index contributed by atoms with van der Waals surface area (Å²) in [7, 11) is 0. The molecule has 1 fully saturated rings. The largest absolute Gasteiger partial charge is 0.317 e. The van der Waals surface area contributed by atoms with Crippen molar-refractivity contribution in [2.24, 2.45) is 11.8 Å². The second-order valence-electron chi connectivity index (χ2n) is 5.39. The molecule has 0 saturated carbocycles. The molecule has 90 valence electrons. The highest BCUT2D eigenvalue weighted by atomic mass is 15.2. The second-order valence-corrected chi connectivity index (χ2v) is 5.39. The summed E-state index contributed by atoms with van der Waals surface area (Å²) in [4.78, 5) is 2.67. The predicted molar refractivity (Wildman–Crippen MR) is 67.1 cm³/mol. The Hall–Kier alpha value is -0.0800. The second kappa shape index (κ2) is 6.49. The first-order chi connectivity index (χ1) is 7.13. The molecule has 1 saturated heterocycles.